The lowest BCUT2D eigenvalue weighted by atomic mass is 9.89. The van der Waals surface area contributed by atoms with Crippen molar-refractivity contribution in [1.82, 2.24) is 0 Å². The van der Waals surface area contributed by atoms with Gasteiger partial charge in [-0.1, -0.05) is 0 Å². The molecule has 2 unspecified atom stereocenters. The molecule has 4 nitrogen and oxygen atoms in total. The maximum absolute atomic E-state index is 11.3. The van der Waals surface area contributed by atoms with Gasteiger partial charge in [0.1, 0.15) is 6.10 Å². The second-order valence-corrected chi connectivity index (χ2v) is 4.72. The largest absolute Gasteiger partial charge is 0.382 e. The number of ketones is 1. The molecule has 1 aliphatic rings. The van der Waals surface area contributed by atoms with Gasteiger partial charge >= 0.3 is 0 Å². The topological polar surface area (TPSA) is 44.8 Å². The molecule has 1 rings (SSSR count). The molecule has 1 saturated carbocycles. The van der Waals surface area contributed by atoms with Crippen molar-refractivity contribution in [2.75, 3.05) is 20.3 Å². The summed E-state index contributed by atoms with van der Waals surface area (Å²) in [6, 6.07) is 0. The molecule has 0 aliphatic heterocycles. The molecule has 0 radical (unpaired) electrons. The monoisotopic (exact) mass is 216 g/mol. The molecule has 0 aromatic rings. The van der Waals surface area contributed by atoms with Crippen LogP contribution in [0.3, 0.4) is 0 Å². The van der Waals surface area contributed by atoms with Gasteiger partial charge in [-0.2, -0.15) is 0 Å². The highest BCUT2D eigenvalue weighted by Gasteiger charge is 2.43. The third-order valence-electron chi connectivity index (χ3n) is 2.15. The quantitative estimate of drug-likeness (QED) is 0.647. The first-order valence-corrected chi connectivity index (χ1v) is 5.25. The summed E-state index contributed by atoms with van der Waals surface area (Å²) in [5, 5.41) is 0. The van der Waals surface area contributed by atoms with Crippen LogP contribution in [0.1, 0.15) is 27.2 Å². The summed E-state index contributed by atoms with van der Waals surface area (Å²) in [5.41, 5.74) is -0.228. The van der Waals surface area contributed by atoms with Gasteiger partial charge in [-0.15, -0.1) is 0 Å². The Hall–Kier alpha value is -0.450. The molecule has 0 bridgehead atoms. The number of methoxy groups -OCH3 is 1. The summed E-state index contributed by atoms with van der Waals surface area (Å²) < 4.78 is 15.9. The van der Waals surface area contributed by atoms with E-state index in [4.69, 9.17) is 14.2 Å². The number of hydrogen-bond donors (Lipinski definition) is 0. The molecular weight excluding hydrogens is 196 g/mol. The Morgan fingerprint density at radius 1 is 1.33 bits per heavy atom. The van der Waals surface area contributed by atoms with Crippen LogP contribution in [0, 0.1) is 0 Å². The summed E-state index contributed by atoms with van der Waals surface area (Å²) in [5.74, 6) is 0.125. The standard InChI is InChI=1S/C11H20O4/c1-11(2,3)15-9-7-8(12)10(9)14-6-5-13-4/h9-10H,5-7H2,1-4H3. The minimum atomic E-state index is -0.389. The van der Waals surface area contributed by atoms with Gasteiger partial charge in [-0.3, -0.25) is 4.79 Å². The lowest BCUT2D eigenvalue weighted by molar-refractivity contribution is -0.184. The molecule has 0 N–H and O–H groups in total. The zero-order valence-corrected chi connectivity index (χ0v) is 9.91. The molecule has 4 heteroatoms. The van der Waals surface area contributed by atoms with Crippen LogP contribution >= 0.6 is 0 Å². The van der Waals surface area contributed by atoms with E-state index in [2.05, 4.69) is 0 Å². The van der Waals surface area contributed by atoms with Crippen LogP contribution in [0.5, 0.6) is 0 Å². The van der Waals surface area contributed by atoms with E-state index in [1.54, 1.807) is 7.11 Å². The lowest BCUT2D eigenvalue weighted by Gasteiger charge is -2.38. The second kappa shape index (κ2) is 5.05. The first-order chi connectivity index (χ1) is 6.94. The van der Waals surface area contributed by atoms with E-state index in [-0.39, 0.29) is 23.6 Å². The highest BCUT2D eigenvalue weighted by Crippen LogP contribution is 2.27. The Morgan fingerprint density at radius 2 is 2.00 bits per heavy atom. The molecule has 0 aromatic carbocycles. The highest BCUT2D eigenvalue weighted by molar-refractivity contribution is 5.90. The van der Waals surface area contributed by atoms with E-state index in [1.165, 1.54) is 0 Å². The third kappa shape index (κ3) is 3.89. The molecule has 0 saturated heterocycles. The van der Waals surface area contributed by atoms with E-state index in [9.17, 15) is 4.79 Å². The van der Waals surface area contributed by atoms with Crippen molar-refractivity contribution in [3.8, 4) is 0 Å². The molecular formula is C11H20O4. The first-order valence-electron chi connectivity index (χ1n) is 5.25. The van der Waals surface area contributed by atoms with E-state index in [0.29, 0.717) is 19.6 Å². The van der Waals surface area contributed by atoms with Gasteiger partial charge in [0.05, 0.1) is 24.9 Å². The number of rotatable bonds is 5. The number of carbonyl (C=O) groups is 1. The SMILES string of the molecule is COCCOC1C(=O)CC1OC(C)(C)C. The Balaban J connectivity index is 2.31. The lowest BCUT2D eigenvalue weighted by Crippen LogP contribution is -2.53. The van der Waals surface area contributed by atoms with E-state index in [1.807, 2.05) is 20.8 Å². The smallest absolute Gasteiger partial charge is 0.166 e. The molecule has 1 fully saturated rings. The average Bonchev–Trinajstić information content (AvgIpc) is 2.09. The Morgan fingerprint density at radius 3 is 2.47 bits per heavy atom. The normalized spacial score (nSPS) is 26.5. The van der Waals surface area contributed by atoms with Crippen molar-refractivity contribution < 1.29 is 19.0 Å². The van der Waals surface area contributed by atoms with E-state index >= 15 is 0 Å². The fraction of sp³-hybridized carbons (Fsp3) is 0.909. The van der Waals surface area contributed by atoms with Crippen LogP contribution in [0.15, 0.2) is 0 Å². The molecule has 0 aromatic heterocycles. The Kier molecular flexibility index (Phi) is 4.25. The molecule has 1 aliphatic carbocycles. The molecule has 0 heterocycles. The molecule has 88 valence electrons. The van der Waals surface area contributed by atoms with Crippen molar-refractivity contribution in [2.45, 2.75) is 45.0 Å². The minimum Gasteiger partial charge on any atom is -0.382 e. The van der Waals surface area contributed by atoms with Crippen LogP contribution < -0.4 is 0 Å². The van der Waals surface area contributed by atoms with Crippen molar-refractivity contribution in [1.29, 1.82) is 0 Å². The third-order valence-corrected chi connectivity index (χ3v) is 2.15. The van der Waals surface area contributed by atoms with Crippen molar-refractivity contribution in [3.05, 3.63) is 0 Å². The average molecular weight is 216 g/mol. The fourth-order valence-corrected chi connectivity index (χ4v) is 1.48. The molecule has 2 atom stereocenters. The van der Waals surface area contributed by atoms with E-state index in [0.717, 1.165) is 0 Å². The van der Waals surface area contributed by atoms with Crippen LogP contribution in [0.2, 0.25) is 0 Å². The van der Waals surface area contributed by atoms with Gasteiger partial charge in [0.25, 0.3) is 0 Å². The van der Waals surface area contributed by atoms with Crippen LogP contribution in [-0.2, 0) is 19.0 Å². The predicted octanol–water partition coefficient (Wildman–Crippen LogP) is 1.17. The fourth-order valence-electron chi connectivity index (χ4n) is 1.48. The summed E-state index contributed by atoms with van der Waals surface area (Å²) in [6.45, 7) is 6.87. The van der Waals surface area contributed by atoms with Gasteiger partial charge in [0.15, 0.2) is 5.78 Å². The van der Waals surface area contributed by atoms with Gasteiger partial charge in [0, 0.05) is 13.5 Å². The number of carbonyl (C=O) groups excluding carboxylic acids is 1. The maximum Gasteiger partial charge on any atom is 0.166 e. The summed E-state index contributed by atoms with van der Waals surface area (Å²) in [4.78, 5) is 11.3. The second-order valence-electron chi connectivity index (χ2n) is 4.72. The van der Waals surface area contributed by atoms with Gasteiger partial charge in [0.2, 0.25) is 0 Å². The van der Waals surface area contributed by atoms with Gasteiger partial charge in [-0.05, 0) is 20.8 Å². The first kappa shape index (κ1) is 12.6. The van der Waals surface area contributed by atoms with Crippen molar-refractivity contribution in [3.63, 3.8) is 0 Å². The number of hydrogen-bond acceptors (Lipinski definition) is 4. The molecule has 15 heavy (non-hydrogen) atoms. The van der Waals surface area contributed by atoms with Gasteiger partial charge < -0.3 is 14.2 Å². The zero-order chi connectivity index (χ0) is 11.5. The maximum atomic E-state index is 11.3. The molecule has 0 spiro atoms. The Bertz CT molecular complexity index is 219. The highest BCUT2D eigenvalue weighted by atomic mass is 16.6. The summed E-state index contributed by atoms with van der Waals surface area (Å²) in [6.07, 6.45) is -0.0108. The number of Topliss-reactive ketones (excluding diaryl/α,β-unsaturated/α-hetero) is 1. The predicted molar refractivity (Wildman–Crippen MR) is 55.9 cm³/mol. The number of ether oxygens (including phenoxy) is 3. The van der Waals surface area contributed by atoms with Crippen LogP contribution in [0.25, 0.3) is 0 Å². The van der Waals surface area contributed by atoms with Crippen molar-refractivity contribution in [2.24, 2.45) is 0 Å². The van der Waals surface area contributed by atoms with Crippen LogP contribution in [0.4, 0.5) is 0 Å². The molecule has 0 amide bonds. The summed E-state index contributed by atoms with van der Waals surface area (Å²) in [7, 11) is 1.61. The van der Waals surface area contributed by atoms with Crippen molar-refractivity contribution >= 4 is 5.78 Å². The van der Waals surface area contributed by atoms with E-state index < -0.39 is 0 Å². The summed E-state index contributed by atoms with van der Waals surface area (Å²) >= 11 is 0. The zero-order valence-electron chi connectivity index (χ0n) is 9.91. The van der Waals surface area contributed by atoms with Gasteiger partial charge in [-0.25, -0.2) is 0 Å². The minimum absolute atomic E-state index is 0.0886. The Labute approximate surface area is 90.9 Å². The van der Waals surface area contributed by atoms with Crippen LogP contribution in [-0.4, -0.2) is 43.9 Å².